The zero-order chi connectivity index (χ0) is 25.8. The van der Waals surface area contributed by atoms with Gasteiger partial charge in [0.1, 0.15) is 21.6 Å². The number of pyridine rings is 1. The second kappa shape index (κ2) is 9.19. The van der Waals surface area contributed by atoms with Gasteiger partial charge in [0, 0.05) is 28.8 Å². The second-order valence-corrected chi connectivity index (χ2v) is 11.8. The summed E-state index contributed by atoms with van der Waals surface area (Å²) in [6.45, 7) is 8.05. The van der Waals surface area contributed by atoms with Crippen LogP contribution in [-0.4, -0.2) is 39.1 Å². The van der Waals surface area contributed by atoms with Gasteiger partial charge in [-0.3, -0.25) is 0 Å². The molecule has 0 bridgehead atoms. The molecule has 1 amide bonds. The SMILES string of the molecule is CC1C(c2cc3c(Nc4c(F)cc5scnc5c4F)c(F)cnc3s2)CCCN1C(=O)OC(C)(C)C. The van der Waals surface area contributed by atoms with Gasteiger partial charge < -0.3 is 15.0 Å². The number of nitrogens with zero attached hydrogens (tertiary/aromatic N) is 3. The Morgan fingerprint density at radius 1 is 1.17 bits per heavy atom. The van der Waals surface area contributed by atoms with E-state index in [9.17, 15) is 13.6 Å². The number of hydrogen-bond acceptors (Lipinski definition) is 7. The number of halogens is 3. The van der Waals surface area contributed by atoms with Crippen LogP contribution in [0.4, 0.5) is 29.3 Å². The normalized spacial score (nSPS) is 18.7. The molecule has 3 aromatic heterocycles. The molecule has 2 atom stereocenters. The summed E-state index contributed by atoms with van der Waals surface area (Å²) in [6, 6.07) is 2.84. The van der Waals surface area contributed by atoms with Crippen LogP contribution in [-0.2, 0) is 4.74 Å². The molecule has 1 aliphatic heterocycles. The maximum Gasteiger partial charge on any atom is 0.410 e. The number of fused-ring (bicyclic) bond motifs is 2. The van der Waals surface area contributed by atoms with Crippen molar-refractivity contribution >= 4 is 60.6 Å². The number of likely N-dealkylation sites (tertiary alicyclic amines) is 1. The van der Waals surface area contributed by atoms with Gasteiger partial charge in [0.2, 0.25) is 0 Å². The van der Waals surface area contributed by atoms with Gasteiger partial charge in [-0.1, -0.05) is 0 Å². The Hall–Kier alpha value is -2.92. The fourth-order valence-corrected chi connectivity index (χ4v) is 6.51. The molecule has 5 rings (SSSR count). The molecule has 1 N–H and O–H groups in total. The summed E-state index contributed by atoms with van der Waals surface area (Å²) in [5, 5.41) is 3.06. The number of anilines is 2. The first-order chi connectivity index (χ1) is 17.0. The lowest BCUT2D eigenvalue weighted by atomic mass is 9.89. The van der Waals surface area contributed by atoms with Gasteiger partial charge in [-0.2, -0.15) is 0 Å². The molecule has 190 valence electrons. The number of thiazole rings is 1. The molecule has 0 aliphatic carbocycles. The maximum absolute atomic E-state index is 15.0. The number of hydrogen-bond donors (Lipinski definition) is 1. The lowest BCUT2D eigenvalue weighted by Gasteiger charge is -2.39. The highest BCUT2D eigenvalue weighted by Gasteiger charge is 2.35. The van der Waals surface area contributed by atoms with Crippen LogP contribution in [0.3, 0.4) is 0 Å². The lowest BCUT2D eigenvalue weighted by Crippen LogP contribution is -2.47. The largest absolute Gasteiger partial charge is 0.444 e. The van der Waals surface area contributed by atoms with Crippen LogP contribution < -0.4 is 5.32 Å². The number of rotatable bonds is 3. The molecule has 1 fully saturated rings. The van der Waals surface area contributed by atoms with Crippen LogP contribution in [0.5, 0.6) is 0 Å². The van der Waals surface area contributed by atoms with Crippen LogP contribution in [0.25, 0.3) is 20.4 Å². The average molecular weight is 535 g/mol. The zero-order valence-corrected chi connectivity index (χ0v) is 21.8. The fraction of sp³-hybridized carbons (Fsp3) is 0.400. The van der Waals surface area contributed by atoms with Crippen LogP contribution >= 0.6 is 22.7 Å². The predicted octanol–water partition coefficient (Wildman–Crippen LogP) is 7.57. The molecule has 1 aromatic carbocycles. The summed E-state index contributed by atoms with van der Waals surface area (Å²) in [5.41, 5.74) is 0.338. The van der Waals surface area contributed by atoms with E-state index in [0.29, 0.717) is 21.5 Å². The molecule has 0 radical (unpaired) electrons. The maximum atomic E-state index is 15.0. The van der Waals surface area contributed by atoms with E-state index in [1.54, 1.807) is 11.0 Å². The highest BCUT2D eigenvalue weighted by molar-refractivity contribution is 7.18. The highest BCUT2D eigenvalue weighted by atomic mass is 32.1. The monoisotopic (exact) mass is 534 g/mol. The molecule has 0 saturated carbocycles. The highest BCUT2D eigenvalue weighted by Crippen LogP contribution is 2.42. The Labute approximate surface area is 214 Å². The van der Waals surface area contributed by atoms with Gasteiger partial charge in [0.15, 0.2) is 17.5 Å². The third-order valence-corrected chi connectivity index (χ3v) is 8.24. The summed E-state index contributed by atoms with van der Waals surface area (Å²) in [5.74, 6) is -2.45. The molecule has 6 nitrogen and oxygen atoms in total. The van der Waals surface area contributed by atoms with Crippen molar-refractivity contribution in [2.24, 2.45) is 0 Å². The minimum absolute atomic E-state index is 0.0128. The molecule has 2 unspecified atom stereocenters. The molecule has 1 saturated heterocycles. The number of thiophene rings is 1. The van der Waals surface area contributed by atoms with Crippen molar-refractivity contribution in [1.82, 2.24) is 14.9 Å². The van der Waals surface area contributed by atoms with Gasteiger partial charge in [-0.25, -0.2) is 27.9 Å². The molecular weight excluding hydrogens is 509 g/mol. The van der Waals surface area contributed by atoms with E-state index in [2.05, 4.69) is 15.3 Å². The summed E-state index contributed by atoms with van der Waals surface area (Å²) in [7, 11) is 0. The number of nitrogens with one attached hydrogen (secondary N) is 1. The van der Waals surface area contributed by atoms with Crippen molar-refractivity contribution in [1.29, 1.82) is 0 Å². The molecule has 4 heterocycles. The number of carbonyl (C=O) groups excluding carboxylic acids is 1. The van der Waals surface area contributed by atoms with Gasteiger partial charge >= 0.3 is 6.09 Å². The van der Waals surface area contributed by atoms with Gasteiger partial charge in [-0.05, 0) is 52.7 Å². The van der Waals surface area contributed by atoms with E-state index in [1.165, 1.54) is 22.9 Å². The molecular formula is C25H25F3N4O2S2. The molecule has 4 aromatic rings. The molecule has 1 aliphatic rings. The van der Waals surface area contributed by atoms with Crippen LogP contribution in [0.15, 0.2) is 23.8 Å². The number of piperidine rings is 1. The van der Waals surface area contributed by atoms with Crippen molar-refractivity contribution in [2.75, 3.05) is 11.9 Å². The standard InChI is InChI=1S/C25H25F3N4O2S2/c1-12-13(6-5-7-32(12)24(33)34-25(2,3)4)17-8-14-20(16(27)10-29-23(14)36-17)31-21-15(26)9-18-22(19(21)28)30-11-35-18/h8-13H,5-7H2,1-4H3,(H,29,31). The Morgan fingerprint density at radius 3 is 2.69 bits per heavy atom. The Balaban J connectivity index is 1.50. The molecule has 11 heteroatoms. The van der Waals surface area contributed by atoms with Gasteiger partial charge in [0.05, 0.1) is 22.1 Å². The summed E-state index contributed by atoms with van der Waals surface area (Å²) in [6.07, 6.45) is 2.30. The minimum Gasteiger partial charge on any atom is -0.444 e. The number of benzene rings is 1. The van der Waals surface area contributed by atoms with Crippen LogP contribution in [0.1, 0.15) is 51.3 Å². The first-order valence-corrected chi connectivity index (χ1v) is 13.3. The van der Waals surface area contributed by atoms with E-state index in [0.717, 1.165) is 35.3 Å². The van der Waals surface area contributed by atoms with E-state index >= 15 is 4.39 Å². The van der Waals surface area contributed by atoms with Crippen molar-refractivity contribution in [2.45, 2.75) is 58.1 Å². The Kier molecular flexibility index (Phi) is 6.32. The first kappa shape index (κ1) is 24.8. The van der Waals surface area contributed by atoms with Crippen molar-refractivity contribution in [3.05, 3.63) is 46.2 Å². The Morgan fingerprint density at radius 2 is 1.94 bits per heavy atom. The van der Waals surface area contributed by atoms with Crippen LogP contribution in [0, 0.1) is 17.5 Å². The van der Waals surface area contributed by atoms with E-state index < -0.39 is 28.7 Å². The summed E-state index contributed by atoms with van der Waals surface area (Å²) >= 11 is 2.51. The van der Waals surface area contributed by atoms with E-state index in [4.69, 9.17) is 4.74 Å². The smallest absolute Gasteiger partial charge is 0.410 e. The van der Waals surface area contributed by atoms with Crippen molar-refractivity contribution in [3.8, 4) is 0 Å². The van der Waals surface area contributed by atoms with Gasteiger partial charge in [-0.15, -0.1) is 22.7 Å². The number of ether oxygens (including phenoxy) is 1. The quantitative estimate of drug-likeness (QED) is 0.294. The molecule has 36 heavy (non-hydrogen) atoms. The van der Waals surface area contributed by atoms with Crippen LogP contribution in [0.2, 0.25) is 0 Å². The third kappa shape index (κ3) is 4.50. The number of aromatic nitrogens is 2. The third-order valence-electron chi connectivity index (χ3n) is 6.29. The zero-order valence-electron chi connectivity index (χ0n) is 20.2. The molecule has 0 spiro atoms. The summed E-state index contributed by atoms with van der Waals surface area (Å²) < 4.78 is 50.7. The minimum atomic E-state index is -0.875. The predicted molar refractivity (Wildman–Crippen MR) is 137 cm³/mol. The van der Waals surface area contributed by atoms with E-state index in [1.807, 2.05) is 27.7 Å². The van der Waals surface area contributed by atoms with Gasteiger partial charge in [0.25, 0.3) is 0 Å². The second-order valence-electron chi connectivity index (χ2n) is 9.88. The topological polar surface area (TPSA) is 67.4 Å². The Bertz CT molecular complexity index is 1460. The lowest BCUT2D eigenvalue weighted by molar-refractivity contribution is 0.00911. The fourth-order valence-electron chi connectivity index (χ4n) is 4.57. The number of carbonyl (C=O) groups is 1. The van der Waals surface area contributed by atoms with Crippen molar-refractivity contribution < 1.29 is 22.7 Å². The van der Waals surface area contributed by atoms with E-state index in [-0.39, 0.29) is 29.3 Å². The summed E-state index contributed by atoms with van der Waals surface area (Å²) in [4.78, 5) is 24.1. The first-order valence-electron chi connectivity index (χ1n) is 11.6. The van der Waals surface area contributed by atoms with Crippen molar-refractivity contribution in [3.63, 3.8) is 0 Å². The number of amides is 1. The average Bonchev–Trinajstić information content (AvgIpc) is 3.44.